The molecule has 0 aliphatic rings. The summed E-state index contributed by atoms with van der Waals surface area (Å²) in [4.78, 5) is 0. The molecule has 0 aliphatic heterocycles. The Morgan fingerprint density at radius 2 is 1.86 bits per heavy atom. The Morgan fingerprint density at radius 3 is 2.43 bits per heavy atom. The third kappa shape index (κ3) is 1.65. The molecule has 1 heterocycles. The van der Waals surface area contributed by atoms with Crippen LogP contribution in [0.3, 0.4) is 0 Å². The fourth-order valence-electron chi connectivity index (χ4n) is 1.46. The van der Waals surface area contributed by atoms with Crippen LogP contribution in [0.2, 0.25) is 0 Å². The van der Waals surface area contributed by atoms with Gasteiger partial charge in [0.15, 0.2) is 0 Å². The van der Waals surface area contributed by atoms with Gasteiger partial charge in [0, 0.05) is 18.1 Å². The van der Waals surface area contributed by atoms with E-state index in [2.05, 4.69) is 0 Å². The van der Waals surface area contributed by atoms with Crippen LogP contribution in [0.15, 0.2) is 24.3 Å². The molecule has 0 saturated heterocycles. The molecule has 0 fully saturated rings. The molecule has 76 valence electrons. The second-order valence-corrected chi connectivity index (χ2v) is 3.02. The first-order valence-corrected chi connectivity index (χ1v) is 4.90. The highest BCUT2D eigenvalue weighted by atomic mass is 19.1. The number of fused-ring (bicyclic) bond motifs is 1. The van der Waals surface area contributed by atoms with Crippen LogP contribution in [-0.4, -0.2) is 4.57 Å². The van der Waals surface area contributed by atoms with Gasteiger partial charge in [0.2, 0.25) is 0 Å². The van der Waals surface area contributed by atoms with Crippen molar-refractivity contribution in [3.8, 4) is 0 Å². The molecule has 0 atom stereocenters. The maximum Gasteiger partial charge on any atom is 0.132 e. The van der Waals surface area contributed by atoms with Crippen LogP contribution in [0.1, 0.15) is 19.5 Å². The molecular weight excluding hydrogens is 177 g/mol. The molecule has 0 amide bonds. The van der Waals surface area contributed by atoms with Gasteiger partial charge in [-0.1, -0.05) is 19.9 Å². The van der Waals surface area contributed by atoms with Gasteiger partial charge in [-0.25, -0.2) is 4.39 Å². The van der Waals surface area contributed by atoms with Crippen LogP contribution in [0.25, 0.3) is 10.9 Å². The minimum atomic E-state index is -0.142. The predicted octanol–water partition coefficient (Wildman–Crippen LogP) is 3.65. The Kier molecular flexibility index (Phi) is 3.28. The SMILES string of the molecule is CC.Cc1cc2c(F)cccc2n1C. The minimum Gasteiger partial charge on any atom is -0.348 e. The van der Waals surface area contributed by atoms with Crippen molar-refractivity contribution in [3.63, 3.8) is 0 Å². The summed E-state index contributed by atoms with van der Waals surface area (Å²) in [6.07, 6.45) is 0. The van der Waals surface area contributed by atoms with E-state index in [-0.39, 0.29) is 5.82 Å². The molecule has 1 aromatic heterocycles. The maximum absolute atomic E-state index is 13.2. The van der Waals surface area contributed by atoms with Gasteiger partial charge in [-0.15, -0.1) is 0 Å². The van der Waals surface area contributed by atoms with Crippen LogP contribution in [0.4, 0.5) is 4.39 Å². The van der Waals surface area contributed by atoms with Gasteiger partial charge in [0.1, 0.15) is 5.82 Å². The predicted molar refractivity (Wildman–Crippen MR) is 59.0 cm³/mol. The van der Waals surface area contributed by atoms with Crippen LogP contribution in [0.5, 0.6) is 0 Å². The summed E-state index contributed by atoms with van der Waals surface area (Å²) in [6.45, 7) is 5.97. The van der Waals surface area contributed by atoms with Gasteiger partial charge in [0.25, 0.3) is 0 Å². The zero-order valence-corrected chi connectivity index (χ0v) is 9.13. The summed E-state index contributed by atoms with van der Waals surface area (Å²) in [5, 5.41) is 0.706. The molecule has 0 radical (unpaired) electrons. The number of benzene rings is 1. The number of nitrogens with zero attached hydrogens (tertiary/aromatic N) is 1. The highest BCUT2D eigenvalue weighted by Crippen LogP contribution is 2.20. The Morgan fingerprint density at radius 1 is 1.21 bits per heavy atom. The van der Waals surface area contributed by atoms with Crippen molar-refractivity contribution in [1.29, 1.82) is 0 Å². The summed E-state index contributed by atoms with van der Waals surface area (Å²) in [7, 11) is 1.94. The summed E-state index contributed by atoms with van der Waals surface area (Å²) in [6, 6.07) is 7.01. The van der Waals surface area contributed by atoms with Gasteiger partial charge in [0.05, 0.1) is 5.52 Å². The van der Waals surface area contributed by atoms with Crippen molar-refractivity contribution in [2.75, 3.05) is 0 Å². The number of hydrogen-bond acceptors (Lipinski definition) is 0. The van der Waals surface area contributed by atoms with Crippen molar-refractivity contribution in [3.05, 3.63) is 35.8 Å². The van der Waals surface area contributed by atoms with Gasteiger partial charge in [-0.05, 0) is 25.1 Å². The van der Waals surface area contributed by atoms with E-state index >= 15 is 0 Å². The Labute approximate surface area is 84.2 Å². The first-order valence-electron chi connectivity index (χ1n) is 4.90. The largest absolute Gasteiger partial charge is 0.348 e. The highest BCUT2D eigenvalue weighted by molar-refractivity contribution is 5.81. The second kappa shape index (κ2) is 4.27. The highest BCUT2D eigenvalue weighted by Gasteiger charge is 2.04. The van der Waals surface area contributed by atoms with Gasteiger partial charge >= 0.3 is 0 Å². The molecule has 0 spiro atoms. The molecule has 0 bridgehead atoms. The summed E-state index contributed by atoms with van der Waals surface area (Å²) < 4.78 is 15.2. The van der Waals surface area contributed by atoms with E-state index in [1.165, 1.54) is 6.07 Å². The van der Waals surface area contributed by atoms with E-state index in [0.717, 1.165) is 11.2 Å². The molecular formula is C12H16FN. The molecule has 0 saturated carbocycles. The van der Waals surface area contributed by atoms with Crippen LogP contribution < -0.4 is 0 Å². The fourth-order valence-corrected chi connectivity index (χ4v) is 1.46. The van der Waals surface area contributed by atoms with E-state index in [9.17, 15) is 4.39 Å². The average molecular weight is 193 g/mol. The molecule has 0 unspecified atom stereocenters. The lowest BCUT2D eigenvalue weighted by atomic mass is 10.2. The normalized spacial score (nSPS) is 9.79. The lowest BCUT2D eigenvalue weighted by Gasteiger charge is -1.97. The first kappa shape index (κ1) is 10.8. The van der Waals surface area contributed by atoms with Crippen LogP contribution in [-0.2, 0) is 7.05 Å². The fraction of sp³-hybridized carbons (Fsp3) is 0.333. The van der Waals surface area contributed by atoms with E-state index < -0.39 is 0 Å². The van der Waals surface area contributed by atoms with Crippen molar-refractivity contribution < 1.29 is 4.39 Å². The number of hydrogen-bond donors (Lipinski definition) is 0. The Balaban J connectivity index is 0.000000461. The quantitative estimate of drug-likeness (QED) is 0.602. The zero-order valence-electron chi connectivity index (χ0n) is 9.13. The molecule has 14 heavy (non-hydrogen) atoms. The Bertz CT molecular complexity index is 429. The van der Waals surface area contributed by atoms with Crippen LogP contribution >= 0.6 is 0 Å². The van der Waals surface area contributed by atoms with Gasteiger partial charge < -0.3 is 4.57 Å². The summed E-state index contributed by atoms with van der Waals surface area (Å²) >= 11 is 0. The molecule has 2 heteroatoms. The Hall–Kier alpha value is -1.31. The van der Waals surface area contributed by atoms with Gasteiger partial charge in [-0.3, -0.25) is 0 Å². The van der Waals surface area contributed by atoms with E-state index in [4.69, 9.17) is 0 Å². The van der Waals surface area contributed by atoms with Crippen molar-refractivity contribution in [1.82, 2.24) is 4.57 Å². The summed E-state index contributed by atoms with van der Waals surface area (Å²) in [5.74, 6) is -0.142. The standard InChI is InChI=1S/C10H10FN.C2H6/c1-7-6-8-9(11)4-3-5-10(8)12(7)2;1-2/h3-6H,1-2H3;1-2H3. The van der Waals surface area contributed by atoms with Crippen molar-refractivity contribution in [2.45, 2.75) is 20.8 Å². The van der Waals surface area contributed by atoms with Crippen molar-refractivity contribution in [2.24, 2.45) is 7.05 Å². The molecule has 0 N–H and O–H groups in total. The monoisotopic (exact) mass is 193 g/mol. The zero-order chi connectivity index (χ0) is 10.7. The van der Waals surface area contributed by atoms with Gasteiger partial charge in [-0.2, -0.15) is 0 Å². The number of rotatable bonds is 0. The maximum atomic E-state index is 13.2. The first-order chi connectivity index (χ1) is 6.70. The van der Waals surface area contributed by atoms with E-state index in [1.54, 1.807) is 6.07 Å². The lowest BCUT2D eigenvalue weighted by Crippen LogP contribution is -1.88. The molecule has 2 aromatic rings. The summed E-state index contributed by atoms with van der Waals surface area (Å²) in [5.41, 5.74) is 2.03. The molecule has 1 aromatic carbocycles. The number of aryl methyl sites for hydroxylation is 2. The van der Waals surface area contributed by atoms with E-state index in [0.29, 0.717) is 5.39 Å². The third-order valence-electron chi connectivity index (χ3n) is 2.27. The second-order valence-electron chi connectivity index (χ2n) is 3.02. The smallest absolute Gasteiger partial charge is 0.132 e. The molecule has 2 rings (SSSR count). The molecule has 0 aliphatic carbocycles. The number of aromatic nitrogens is 1. The minimum absolute atomic E-state index is 0.142. The third-order valence-corrected chi connectivity index (χ3v) is 2.27. The molecule has 1 nitrogen and oxygen atoms in total. The average Bonchev–Trinajstić information content (AvgIpc) is 2.50. The van der Waals surface area contributed by atoms with Crippen LogP contribution in [0, 0.1) is 12.7 Å². The van der Waals surface area contributed by atoms with Crippen molar-refractivity contribution >= 4 is 10.9 Å². The lowest BCUT2D eigenvalue weighted by molar-refractivity contribution is 0.640. The van der Waals surface area contributed by atoms with E-state index in [1.807, 2.05) is 44.5 Å². The topological polar surface area (TPSA) is 4.93 Å². The number of halogens is 1.